The highest BCUT2D eigenvalue weighted by atomic mass is 16.5. The highest BCUT2D eigenvalue weighted by Gasteiger charge is 2.22. The topological polar surface area (TPSA) is 98.7 Å². The van der Waals surface area contributed by atoms with Gasteiger partial charge >= 0.3 is 0 Å². The van der Waals surface area contributed by atoms with E-state index in [1.165, 1.54) is 12.0 Å². The molecule has 2 amide bonds. The van der Waals surface area contributed by atoms with Gasteiger partial charge in [0.25, 0.3) is 0 Å². The maximum absolute atomic E-state index is 12.1. The third kappa shape index (κ3) is 5.07. The van der Waals surface area contributed by atoms with Crippen LogP contribution in [0.25, 0.3) is 0 Å². The lowest BCUT2D eigenvalue weighted by molar-refractivity contribution is -0.137. The van der Waals surface area contributed by atoms with E-state index >= 15 is 0 Å². The van der Waals surface area contributed by atoms with Gasteiger partial charge in [-0.2, -0.15) is 0 Å². The zero-order valence-electron chi connectivity index (χ0n) is 10.9. The van der Waals surface area contributed by atoms with Gasteiger partial charge in [-0.25, -0.2) is 0 Å². The molecule has 0 saturated carbocycles. The van der Waals surface area contributed by atoms with Crippen molar-refractivity contribution in [3.8, 4) is 0 Å². The molecule has 1 aromatic rings. The number of methoxy groups -OCH3 is 1. The van der Waals surface area contributed by atoms with E-state index in [1.807, 2.05) is 30.3 Å². The third-order valence-corrected chi connectivity index (χ3v) is 2.54. The number of nitrogens with zero attached hydrogens (tertiary/aromatic N) is 1. The number of carbonyl (C=O) groups is 2. The Hall–Kier alpha value is -1.92. The second-order valence-corrected chi connectivity index (χ2v) is 4.21. The zero-order chi connectivity index (χ0) is 14.3. The van der Waals surface area contributed by atoms with Crippen LogP contribution in [0.2, 0.25) is 0 Å². The number of ether oxygens (including phenoxy) is 1. The van der Waals surface area contributed by atoms with Crippen molar-refractivity contribution in [3.05, 3.63) is 35.9 Å². The molecule has 1 unspecified atom stereocenters. The fourth-order valence-electron chi connectivity index (χ4n) is 1.69. The van der Waals surface area contributed by atoms with Crippen molar-refractivity contribution in [1.29, 1.82) is 0 Å². The Bertz CT molecular complexity index is 422. The monoisotopic (exact) mass is 265 g/mol. The molecular weight excluding hydrogens is 246 g/mol. The number of rotatable bonds is 7. The highest BCUT2D eigenvalue weighted by molar-refractivity contribution is 5.86. The molecule has 1 aromatic carbocycles. The van der Waals surface area contributed by atoms with Gasteiger partial charge in [0, 0.05) is 13.7 Å². The van der Waals surface area contributed by atoms with Gasteiger partial charge in [-0.3, -0.25) is 9.59 Å². The van der Waals surface area contributed by atoms with E-state index in [-0.39, 0.29) is 19.1 Å². The minimum absolute atomic E-state index is 0.100. The second kappa shape index (κ2) is 7.50. The van der Waals surface area contributed by atoms with Gasteiger partial charge < -0.3 is 21.1 Å². The average molecular weight is 265 g/mol. The molecule has 0 saturated heterocycles. The van der Waals surface area contributed by atoms with E-state index in [0.29, 0.717) is 6.54 Å². The summed E-state index contributed by atoms with van der Waals surface area (Å²) in [6.07, 6.45) is 0. The quantitative estimate of drug-likeness (QED) is 0.692. The largest absolute Gasteiger partial charge is 0.383 e. The summed E-state index contributed by atoms with van der Waals surface area (Å²) in [4.78, 5) is 24.5. The first-order chi connectivity index (χ1) is 9.04. The van der Waals surface area contributed by atoms with Crippen LogP contribution in [0.4, 0.5) is 0 Å². The smallest absolute Gasteiger partial charge is 0.242 e. The molecule has 1 rings (SSSR count). The predicted octanol–water partition coefficient (Wildman–Crippen LogP) is -0.526. The Labute approximate surface area is 112 Å². The van der Waals surface area contributed by atoms with Crippen LogP contribution >= 0.6 is 0 Å². The van der Waals surface area contributed by atoms with Crippen LogP contribution < -0.4 is 11.5 Å². The molecule has 0 aliphatic heterocycles. The standard InChI is InChI=1S/C13H19N3O3/c1-19-9-11(14)13(18)16(8-12(15)17)7-10-5-3-2-4-6-10/h2-6,11H,7-9,14H2,1H3,(H2,15,17). The molecule has 6 nitrogen and oxygen atoms in total. The normalized spacial score (nSPS) is 11.9. The Morgan fingerprint density at radius 2 is 1.95 bits per heavy atom. The lowest BCUT2D eigenvalue weighted by atomic mass is 10.2. The Morgan fingerprint density at radius 1 is 1.32 bits per heavy atom. The Morgan fingerprint density at radius 3 is 2.47 bits per heavy atom. The number of hydrogen-bond donors (Lipinski definition) is 2. The van der Waals surface area contributed by atoms with Crippen LogP contribution in [0.3, 0.4) is 0 Å². The Kier molecular flexibility index (Phi) is 5.98. The van der Waals surface area contributed by atoms with Crippen LogP contribution in [-0.2, 0) is 20.9 Å². The van der Waals surface area contributed by atoms with Crippen molar-refractivity contribution in [1.82, 2.24) is 4.90 Å². The fraction of sp³-hybridized carbons (Fsp3) is 0.385. The molecule has 104 valence electrons. The SMILES string of the molecule is COCC(N)C(=O)N(CC(N)=O)Cc1ccccc1. The lowest BCUT2D eigenvalue weighted by Crippen LogP contribution is -2.48. The molecule has 0 aliphatic carbocycles. The van der Waals surface area contributed by atoms with Gasteiger partial charge in [0.15, 0.2) is 0 Å². The van der Waals surface area contributed by atoms with Crippen molar-refractivity contribution in [2.45, 2.75) is 12.6 Å². The van der Waals surface area contributed by atoms with E-state index in [9.17, 15) is 9.59 Å². The number of amides is 2. The maximum Gasteiger partial charge on any atom is 0.242 e. The van der Waals surface area contributed by atoms with Gasteiger partial charge in [0.2, 0.25) is 11.8 Å². The first-order valence-electron chi connectivity index (χ1n) is 5.90. The summed E-state index contributed by atoms with van der Waals surface area (Å²) in [6, 6.07) is 8.52. The van der Waals surface area contributed by atoms with Crippen LogP contribution in [-0.4, -0.2) is 43.0 Å². The van der Waals surface area contributed by atoms with E-state index in [0.717, 1.165) is 5.56 Å². The van der Waals surface area contributed by atoms with Crippen molar-refractivity contribution in [3.63, 3.8) is 0 Å². The molecule has 4 N–H and O–H groups in total. The van der Waals surface area contributed by atoms with Crippen LogP contribution in [0.5, 0.6) is 0 Å². The molecule has 1 atom stereocenters. The number of hydrogen-bond acceptors (Lipinski definition) is 4. The van der Waals surface area contributed by atoms with Gasteiger partial charge in [-0.05, 0) is 5.56 Å². The third-order valence-electron chi connectivity index (χ3n) is 2.54. The van der Waals surface area contributed by atoms with Crippen LogP contribution in [0, 0.1) is 0 Å². The number of carbonyl (C=O) groups excluding carboxylic acids is 2. The minimum atomic E-state index is -0.798. The van der Waals surface area contributed by atoms with E-state index in [2.05, 4.69) is 0 Å². The molecule has 0 bridgehead atoms. The maximum atomic E-state index is 12.1. The van der Waals surface area contributed by atoms with Crippen molar-refractivity contribution < 1.29 is 14.3 Å². The summed E-state index contributed by atoms with van der Waals surface area (Å²) in [5.41, 5.74) is 11.7. The zero-order valence-corrected chi connectivity index (χ0v) is 10.9. The molecular formula is C13H19N3O3. The van der Waals surface area contributed by atoms with Crippen molar-refractivity contribution in [2.24, 2.45) is 11.5 Å². The average Bonchev–Trinajstić information content (AvgIpc) is 2.38. The molecule has 6 heteroatoms. The van der Waals surface area contributed by atoms with Gasteiger partial charge in [0.05, 0.1) is 13.2 Å². The van der Waals surface area contributed by atoms with Gasteiger partial charge in [-0.1, -0.05) is 30.3 Å². The minimum Gasteiger partial charge on any atom is -0.383 e. The van der Waals surface area contributed by atoms with E-state index < -0.39 is 11.9 Å². The van der Waals surface area contributed by atoms with Crippen LogP contribution in [0.15, 0.2) is 30.3 Å². The highest BCUT2D eigenvalue weighted by Crippen LogP contribution is 2.05. The van der Waals surface area contributed by atoms with Crippen molar-refractivity contribution in [2.75, 3.05) is 20.3 Å². The second-order valence-electron chi connectivity index (χ2n) is 4.21. The molecule has 0 radical (unpaired) electrons. The molecule has 0 fully saturated rings. The number of nitrogens with two attached hydrogens (primary N) is 2. The molecule has 0 aromatic heterocycles. The predicted molar refractivity (Wildman–Crippen MR) is 70.9 cm³/mol. The number of benzene rings is 1. The van der Waals surface area contributed by atoms with E-state index in [1.54, 1.807) is 0 Å². The molecule has 19 heavy (non-hydrogen) atoms. The summed E-state index contributed by atoms with van der Waals surface area (Å²) in [6.45, 7) is 0.230. The number of primary amides is 1. The summed E-state index contributed by atoms with van der Waals surface area (Å²) >= 11 is 0. The van der Waals surface area contributed by atoms with Gasteiger partial charge in [0.1, 0.15) is 6.04 Å². The summed E-state index contributed by atoms with van der Waals surface area (Å²) < 4.78 is 4.84. The Balaban J connectivity index is 2.77. The lowest BCUT2D eigenvalue weighted by Gasteiger charge is -2.24. The molecule has 0 spiro atoms. The summed E-state index contributed by atoms with van der Waals surface area (Å²) in [5.74, 6) is -0.932. The fourth-order valence-corrected chi connectivity index (χ4v) is 1.69. The van der Waals surface area contributed by atoms with Gasteiger partial charge in [-0.15, -0.1) is 0 Å². The molecule has 0 aliphatic rings. The van der Waals surface area contributed by atoms with Crippen molar-refractivity contribution >= 4 is 11.8 Å². The van der Waals surface area contributed by atoms with E-state index in [4.69, 9.17) is 16.2 Å². The van der Waals surface area contributed by atoms with Crippen LogP contribution in [0.1, 0.15) is 5.56 Å². The summed E-state index contributed by atoms with van der Waals surface area (Å²) in [5, 5.41) is 0. The first kappa shape index (κ1) is 15.1. The first-order valence-corrected chi connectivity index (χ1v) is 5.90. The summed E-state index contributed by atoms with van der Waals surface area (Å²) in [7, 11) is 1.46. The molecule has 0 heterocycles.